The maximum absolute atomic E-state index is 12.4. The van der Waals surface area contributed by atoms with Crippen molar-refractivity contribution in [1.29, 1.82) is 0 Å². The van der Waals surface area contributed by atoms with Gasteiger partial charge in [-0.25, -0.2) is 0 Å². The van der Waals surface area contributed by atoms with Crippen LogP contribution in [0.2, 0.25) is 10.0 Å². The predicted octanol–water partition coefficient (Wildman–Crippen LogP) is 3.66. The number of nitrogens with one attached hydrogen (secondary N) is 1. The van der Waals surface area contributed by atoms with Gasteiger partial charge < -0.3 is 5.32 Å². The Morgan fingerprint density at radius 1 is 1.35 bits per heavy atom. The lowest BCUT2D eigenvalue weighted by molar-refractivity contribution is -0.129. The fourth-order valence-electron chi connectivity index (χ4n) is 2.17. The molecule has 1 atom stereocenters. The number of carbonyl (C=O) groups is 2. The molecule has 1 aromatic rings. The molecule has 5 nitrogen and oxygen atoms in total. The molecule has 1 aliphatic heterocycles. The fourth-order valence-corrected chi connectivity index (χ4v) is 3.91. The van der Waals surface area contributed by atoms with Gasteiger partial charge in [-0.1, -0.05) is 35.0 Å². The molecule has 0 unspecified atom stereocenters. The zero-order valence-corrected chi connectivity index (χ0v) is 15.1. The van der Waals surface area contributed by atoms with Gasteiger partial charge in [0.25, 0.3) is 0 Å². The summed E-state index contributed by atoms with van der Waals surface area (Å²) in [6, 6.07) is 4.81. The highest BCUT2D eigenvalue weighted by atomic mass is 35.5. The van der Waals surface area contributed by atoms with E-state index in [1.165, 1.54) is 11.8 Å². The van der Waals surface area contributed by atoms with Gasteiger partial charge in [-0.05, 0) is 32.0 Å². The molecular weight excluding hydrogens is 357 g/mol. The molecule has 0 saturated carbocycles. The zero-order valence-electron chi connectivity index (χ0n) is 12.8. The quantitative estimate of drug-likeness (QED) is 0.875. The lowest BCUT2D eigenvalue weighted by atomic mass is 10.2. The molecule has 1 saturated heterocycles. The van der Waals surface area contributed by atoms with Crippen molar-refractivity contribution >= 4 is 57.6 Å². The Morgan fingerprint density at radius 3 is 2.57 bits per heavy atom. The molecule has 1 fully saturated rings. The van der Waals surface area contributed by atoms with Crippen molar-refractivity contribution < 1.29 is 9.59 Å². The number of rotatable bonds is 4. The Labute approximate surface area is 149 Å². The second-order valence-electron chi connectivity index (χ2n) is 4.85. The van der Waals surface area contributed by atoms with Crippen LogP contribution in [0.5, 0.6) is 0 Å². The van der Waals surface area contributed by atoms with E-state index < -0.39 is 5.25 Å². The highest BCUT2D eigenvalue weighted by molar-refractivity contribution is 8.15. The largest absolute Gasteiger partial charge is 0.325 e. The minimum atomic E-state index is -0.520. The van der Waals surface area contributed by atoms with Gasteiger partial charge in [0.1, 0.15) is 5.25 Å². The Balaban J connectivity index is 2.13. The number of benzene rings is 1. The van der Waals surface area contributed by atoms with Crippen molar-refractivity contribution in [2.75, 3.05) is 18.4 Å². The molecule has 1 N–H and O–H groups in total. The van der Waals surface area contributed by atoms with Crippen molar-refractivity contribution in [2.24, 2.45) is 4.99 Å². The van der Waals surface area contributed by atoms with Crippen LogP contribution >= 0.6 is 35.0 Å². The molecule has 23 heavy (non-hydrogen) atoms. The van der Waals surface area contributed by atoms with Crippen LogP contribution in [-0.4, -0.2) is 40.2 Å². The van der Waals surface area contributed by atoms with E-state index in [0.717, 1.165) is 0 Å². The standard InChI is InChI=1S/C15H17Cl2N3O2S/c1-3-18-15-20(4-2)13(21)8-12(23-15)14(22)19-11-6-9(16)5-10(17)7-11/h5-7,12H,3-4,8H2,1-2H3,(H,19,22)/t12-/m1/s1. The van der Waals surface area contributed by atoms with Gasteiger partial charge in [-0.15, -0.1) is 0 Å². The van der Waals surface area contributed by atoms with Crippen molar-refractivity contribution in [3.8, 4) is 0 Å². The fraction of sp³-hybridized carbons (Fsp3) is 0.400. The molecule has 124 valence electrons. The highest BCUT2D eigenvalue weighted by Gasteiger charge is 2.34. The third-order valence-electron chi connectivity index (χ3n) is 3.17. The summed E-state index contributed by atoms with van der Waals surface area (Å²) in [6.07, 6.45) is 0.140. The number of thioether (sulfide) groups is 1. The number of nitrogens with zero attached hydrogens (tertiary/aromatic N) is 2. The summed E-state index contributed by atoms with van der Waals surface area (Å²) in [5.41, 5.74) is 0.507. The van der Waals surface area contributed by atoms with Crippen LogP contribution in [0.25, 0.3) is 0 Å². The molecule has 0 spiro atoms. The van der Waals surface area contributed by atoms with Gasteiger partial charge in [-0.3, -0.25) is 19.5 Å². The van der Waals surface area contributed by atoms with Gasteiger partial charge in [0, 0.05) is 35.2 Å². The van der Waals surface area contributed by atoms with E-state index in [2.05, 4.69) is 10.3 Å². The van der Waals surface area contributed by atoms with Crippen molar-refractivity contribution in [3.63, 3.8) is 0 Å². The first-order chi connectivity index (χ1) is 10.9. The van der Waals surface area contributed by atoms with Gasteiger partial charge in [-0.2, -0.15) is 0 Å². The predicted molar refractivity (Wildman–Crippen MR) is 96.5 cm³/mol. The van der Waals surface area contributed by atoms with Crippen LogP contribution in [0.15, 0.2) is 23.2 Å². The third-order valence-corrected chi connectivity index (χ3v) is 4.83. The minimum Gasteiger partial charge on any atom is -0.325 e. The molecule has 0 aromatic heterocycles. The average molecular weight is 374 g/mol. The van der Waals surface area contributed by atoms with Crippen LogP contribution in [0, 0.1) is 0 Å². The maximum Gasteiger partial charge on any atom is 0.238 e. The number of halogens is 2. The molecular formula is C15H17Cl2N3O2S. The third kappa shape index (κ3) is 4.62. The van der Waals surface area contributed by atoms with E-state index >= 15 is 0 Å². The lowest BCUT2D eigenvalue weighted by Crippen LogP contribution is -2.45. The van der Waals surface area contributed by atoms with E-state index in [-0.39, 0.29) is 18.2 Å². The average Bonchev–Trinajstić information content (AvgIpc) is 2.46. The van der Waals surface area contributed by atoms with Crippen LogP contribution in [-0.2, 0) is 9.59 Å². The van der Waals surface area contributed by atoms with E-state index in [1.807, 2.05) is 13.8 Å². The first-order valence-electron chi connectivity index (χ1n) is 7.23. The first kappa shape index (κ1) is 18.1. The van der Waals surface area contributed by atoms with E-state index in [1.54, 1.807) is 23.1 Å². The molecule has 0 radical (unpaired) electrons. The smallest absolute Gasteiger partial charge is 0.238 e. The summed E-state index contributed by atoms with van der Waals surface area (Å²) < 4.78 is 0. The second-order valence-corrected chi connectivity index (χ2v) is 6.90. The summed E-state index contributed by atoms with van der Waals surface area (Å²) >= 11 is 13.2. The first-order valence-corrected chi connectivity index (χ1v) is 8.86. The Kier molecular flexibility index (Phi) is 6.33. The van der Waals surface area contributed by atoms with Crippen LogP contribution in [0.4, 0.5) is 5.69 Å². The topological polar surface area (TPSA) is 61.8 Å². The van der Waals surface area contributed by atoms with E-state index in [0.29, 0.717) is 34.0 Å². The number of amides is 2. The normalized spacial score (nSPS) is 20.0. The number of hydrogen-bond donors (Lipinski definition) is 1. The molecule has 1 aromatic carbocycles. The molecule has 1 aliphatic rings. The van der Waals surface area contributed by atoms with E-state index in [9.17, 15) is 9.59 Å². The highest BCUT2D eigenvalue weighted by Crippen LogP contribution is 2.28. The number of carbonyl (C=O) groups excluding carboxylic acids is 2. The van der Waals surface area contributed by atoms with Gasteiger partial charge in [0.05, 0.1) is 0 Å². The van der Waals surface area contributed by atoms with Gasteiger partial charge in [0.15, 0.2) is 5.17 Å². The number of anilines is 1. The maximum atomic E-state index is 12.4. The summed E-state index contributed by atoms with van der Waals surface area (Å²) in [5, 5.41) is 3.70. The zero-order chi connectivity index (χ0) is 17.0. The molecule has 1 heterocycles. The van der Waals surface area contributed by atoms with Crippen LogP contribution in [0.1, 0.15) is 20.3 Å². The summed E-state index contributed by atoms with van der Waals surface area (Å²) in [4.78, 5) is 30.6. The number of amidine groups is 1. The van der Waals surface area contributed by atoms with Crippen LogP contribution < -0.4 is 5.32 Å². The summed E-state index contributed by atoms with van der Waals surface area (Å²) in [5.74, 6) is -0.357. The number of hydrogen-bond acceptors (Lipinski definition) is 4. The molecule has 2 amide bonds. The number of aliphatic imine (C=N–C) groups is 1. The van der Waals surface area contributed by atoms with Gasteiger partial charge >= 0.3 is 0 Å². The summed E-state index contributed by atoms with van der Waals surface area (Å²) in [7, 11) is 0. The monoisotopic (exact) mass is 373 g/mol. The van der Waals surface area contributed by atoms with E-state index in [4.69, 9.17) is 23.2 Å². The Hall–Kier alpha value is -1.24. The van der Waals surface area contributed by atoms with Crippen molar-refractivity contribution in [3.05, 3.63) is 28.2 Å². The Morgan fingerprint density at radius 2 is 2.00 bits per heavy atom. The molecule has 0 aliphatic carbocycles. The lowest BCUT2D eigenvalue weighted by Gasteiger charge is -2.30. The van der Waals surface area contributed by atoms with Crippen molar-refractivity contribution in [2.45, 2.75) is 25.5 Å². The summed E-state index contributed by atoms with van der Waals surface area (Å²) in [6.45, 7) is 4.88. The molecule has 2 rings (SSSR count). The van der Waals surface area contributed by atoms with Crippen molar-refractivity contribution in [1.82, 2.24) is 4.90 Å². The molecule has 0 bridgehead atoms. The minimum absolute atomic E-state index is 0.0947. The second kappa shape index (κ2) is 8.04. The van der Waals surface area contributed by atoms with Crippen LogP contribution in [0.3, 0.4) is 0 Å². The Bertz CT molecular complexity index is 631. The molecule has 8 heteroatoms. The van der Waals surface area contributed by atoms with Gasteiger partial charge in [0.2, 0.25) is 11.8 Å². The SMILES string of the molecule is CCN=C1S[C@@H](C(=O)Nc2cc(Cl)cc(Cl)c2)CC(=O)N1CC.